The molecule has 1 aliphatic heterocycles. The van der Waals surface area contributed by atoms with E-state index in [-0.39, 0.29) is 5.91 Å². The monoisotopic (exact) mass is 300 g/mol. The van der Waals surface area contributed by atoms with E-state index in [0.717, 1.165) is 29.8 Å². The first-order valence-corrected chi connectivity index (χ1v) is 7.40. The van der Waals surface area contributed by atoms with E-state index in [4.69, 9.17) is 17.3 Å². The fraction of sp³-hybridized carbons (Fsp3) is 0.235. The van der Waals surface area contributed by atoms with Crippen molar-refractivity contribution in [2.75, 3.05) is 12.3 Å². The molecule has 21 heavy (non-hydrogen) atoms. The minimum atomic E-state index is 0.108. The molecule has 0 spiro atoms. The van der Waals surface area contributed by atoms with E-state index in [1.807, 2.05) is 41.3 Å². The first-order valence-electron chi connectivity index (χ1n) is 7.02. The Morgan fingerprint density at radius 1 is 1.19 bits per heavy atom. The normalized spacial score (nSPS) is 13.9. The number of nitrogens with zero attached hydrogens (tertiary/aromatic N) is 1. The third-order valence-electron chi connectivity index (χ3n) is 3.89. The Kier molecular flexibility index (Phi) is 3.84. The van der Waals surface area contributed by atoms with Crippen molar-refractivity contribution in [3.63, 3.8) is 0 Å². The summed E-state index contributed by atoms with van der Waals surface area (Å²) < 4.78 is 0. The third kappa shape index (κ3) is 3.03. The third-order valence-corrected chi connectivity index (χ3v) is 4.26. The summed E-state index contributed by atoms with van der Waals surface area (Å²) in [5.41, 5.74) is 9.88. The maximum Gasteiger partial charge on any atom is 0.227 e. The molecule has 3 nitrogen and oxygen atoms in total. The van der Waals surface area contributed by atoms with Crippen LogP contribution in [-0.2, 0) is 24.2 Å². The van der Waals surface area contributed by atoms with Gasteiger partial charge in [-0.3, -0.25) is 4.79 Å². The summed E-state index contributed by atoms with van der Waals surface area (Å²) in [6.45, 7) is 1.38. The van der Waals surface area contributed by atoms with Crippen LogP contribution in [0.3, 0.4) is 0 Å². The summed E-state index contributed by atoms with van der Waals surface area (Å²) in [5.74, 6) is 0.108. The molecule has 1 heterocycles. The molecule has 0 fully saturated rings. The number of hydrogen-bond acceptors (Lipinski definition) is 2. The summed E-state index contributed by atoms with van der Waals surface area (Å²) >= 11 is 6.12. The maximum atomic E-state index is 12.5. The SMILES string of the molecule is Nc1ccc2c(c1)CN(C(=O)Cc1ccccc1Cl)CC2. The molecule has 0 bridgehead atoms. The molecule has 2 aromatic carbocycles. The first kappa shape index (κ1) is 14.0. The van der Waals surface area contributed by atoms with Crippen LogP contribution < -0.4 is 5.73 Å². The topological polar surface area (TPSA) is 46.3 Å². The van der Waals surface area contributed by atoms with Gasteiger partial charge in [0.1, 0.15) is 0 Å². The van der Waals surface area contributed by atoms with Gasteiger partial charge < -0.3 is 10.6 Å². The van der Waals surface area contributed by atoms with Crippen molar-refractivity contribution in [3.05, 3.63) is 64.2 Å². The number of carbonyl (C=O) groups excluding carboxylic acids is 1. The number of benzene rings is 2. The van der Waals surface area contributed by atoms with Gasteiger partial charge in [0.15, 0.2) is 0 Å². The highest BCUT2D eigenvalue weighted by Gasteiger charge is 2.21. The highest BCUT2D eigenvalue weighted by Crippen LogP contribution is 2.23. The lowest BCUT2D eigenvalue weighted by Crippen LogP contribution is -2.37. The number of halogens is 1. The molecule has 0 aromatic heterocycles. The number of rotatable bonds is 2. The minimum Gasteiger partial charge on any atom is -0.399 e. The maximum absolute atomic E-state index is 12.5. The van der Waals surface area contributed by atoms with Crippen molar-refractivity contribution in [1.29, 1.82) is 0 Å². The lowest BCUT2D eigenvalue weighted by Gasteiger charge is -2.29. The summed E-state index contributed by atoms with van der Waals surface area (Å²) in [6, 6.07) is 13.4. The Morgan fingerprint density at radius 3 is 2.81 bits per heavy atom. The average Bonchev–Trinajstić information content (AvgIpc) is 2.48. The second-order valence-corrected chi connectivity index (χ2v) is 5.77. The van der Waals surface area contributed by atoms with Gasteiger partial charge in [-0.05, 0) is 41.3 Å². The van der Waals surface area contributed by atoms with Gasteiger partial charge in [0, 0.05) is 23.8 Å². The van der Waals surface area contributed by atoms with Crippen LogP contribution in [0.1, 0.15) is 16.7 Å². The number of nitrogen functional groups attached to an aromatic ring is 1. The zero-order chi connectivity index (χ0) is 14.8. The van der Waals surface area contributed by atoms with Gasteiger partial charge in [0.05, 0.1) is 6.42 Å². The molecule has 1 aliphatic rings. The van der Waals surface area contributed by atoms with Gasteiger partial charge in [-0.2, -0.15) is 0 Å². The van der Waals surface area contributed by atoms with Crippen LogP contribution in [0.15, 0.2) is 42.5 Å². The molecular formula is C17H17ClN2O. The molecule has 2 aromatic rings. The lowest BCUT2D eigenvalue weighted by atomic mass is 9.98. The molecule has 4 heteroatoms. The van der Waals surface area contributed by atoms with Crippen LogP contribution in [-0.4, -0.2) is 17.4 Å². The minimum absolute atomic E-state index is 0.108. The molecule has 0 radical (unpaired) electrons. The quantitative estimate of drug-likeness (QED) is 0.867. The second kappa shape index (κ2) is 5.78. The average molecular weight is 301 g/mol. The van der Waals surface area contributed by atoms with Crippen molar-refractivity contribution in [2.24, 2.45) is 0 Å². The molecule has 108 valence electrons. The van der Waals surface area contributed by atoms with E-state index in [1.54, 1.807) is 0 Å². The van der Waals surface area contributed by atoms with Crippen LogP contribution >= 0.6 is 11.6 Å². The Morgan fingerprint density at radius 2 is 2.00 bits per heavy atom. The number of anilines is 1. The van der Waals surface area contributed by atoms with Crippen LogP contribution in [0.5, 0.6) is 0 Å². The molecule has 0 aliphatic carbocycles. The van der Waals surface area contributed by atoms with E-state index >= 15 is 0 Å². The van der Waals surface area contributed by atoms with Crippen molar-refractivity contribution in [1.82, 2.24) is 4.90 Å². The van der Waals surface area contributed by atoms with E-state index < -0.39 is 0 Å². The van der Waals surface area contributed by atoms with Gasteiger partial charge in [-0.15, -0.1) is 0 Å². The number of nitrogens with two attached hydrogens (primary N) is 1. The fourth-order valence-corrected chi connectivity index (χ4v) is 2.91. The zero-order valence-corrected chi connectivity index (χ0v) is 12.4. The van der Waals surface area contributed by atoms with Crippen LogP contribution in [0.4, 0.5) is 5.69 Å². The van der Waals surface area contributed by atoms with Crippen molar-refractivity contribution < 1.29 is 4.79 Å². The van der Waals surface area contributed by atoms with Crippen molar-refractivity contribution >= 4 is 23.2 Å². The Hall–Kier alpha value is -2.00. The number of carbonyl (C=O) groups is 1. The second-order valence-electron chi connectivity index (χ2n) is 5.36. The smallest absolute Gasteiger partial charge is 0.227 e. The largest absolute Gasteiger partial charge is 0.399 e. The standard InChI is InChI=1S/C17H17ClN2O/c18-16-4-2-1-3-13(16)10-17(21)20-8-7-12-5-6-15(19)9-14(12)11-20/h1-6,9H,7-8,10-11,19H2. The van der Waals surface area contributed by atoms with Crippen LogP contribution in [0.25, 0.3) is 0 Å². The number of fused-ring (bicyclic) bond motifs is 1. The Labute approximate surface area is 129 Å². The summed E-state index contributed by atoms with van der Waals surface area (Å²) in [6.07, 6.45) is 1.22. The Balaban J connectivity index is 1.74. The van der Waals surface area contributed by atoms with Crippen LogP contribution in [0.2, 0.25) is 5.02 Å². The molecule has 1 amide bonds. The van der Waals surface area contributed by atoms with E-state index in [9.17, 15) is 4.79 Å². The van der Waals surface area contributed by atoms with E-state index in [1.165, 1.54) is 5.56 Å². The highest BCUT2D eigenvalue weighted by molar-refractivity contribution is 6.31. The van der Waals surface area contributed by atoms with E-state index in [2.05, 4.69) is 6.07 Å². The van der Waals surface area contributed by atoms with Crippen molar-refractivity contribution in [3.8, 4) is 0 Å². The molecule has 3 rings (SSSR count). The summed E-state index contributed by atoms with van der Waals surface area (Å²) in [7, 11) is 0. The van der Waals surface area contributed by atoms with Gasteiger partial charge in [0.2, 0.25) is 5.91 Å². The molecule has 0 atom stereocenters. The Bertz CT molecular complexity index is 684. The summed E-state index contributed by atoms with van der Waals surface area (Å²) in [5, 5.41) is 0.646. The number of hydrogen-bond donors (Lipinski definition) is 1. The first-order chi connectivity index (χ1) is 10.1. The predicted octanol–water partition coefficient (Wildman–Crippen LogP) is 3.05. The van der Waals surface area contributed by atoms with E-state index in [0.29, 0.717) is 18.0 Å². The molecular weight excluding hydrogens is 284 g/mol. The van der Waals surface area contributed by atoms with Gasteiger partial charge in [-0.1, -0.05) is 35.9 Å². The zero-order valence-electron chi connectivity index (χ0n) is 11.7. The van der Waals surface area contributed by atoms with Gasteiger partial charge in [-0.25, -0.2) is 0 Å². The van der Waals surface area contributed by atoms with Gasteiger partial charge >= 0.3 is 0 Å². The number of amides is 1. The van der Waals surface area contributed by atoms with Crippen molar-refractivity contribution in [2.45, 2.75) is 19.4 Å². The molecule has 0 saturated carbocycles. The molecule has 0 unspecified atom stereocenters. The lowest BCUT2D eigenvalue weighted by molar-refractivity contribution is -0.131. The summed E-state index contributed by atoms with van der Waals surface area (Å²) in [4.78, 5) is 14.3. The van der Waals surface area contributed by atoms with Gasteiger partial charge in [0.25, 0.3) is 0 Å². The molecule has 2 N–H and O–H groups in total. The fourth-order valence-electron chi connectivity index (χ4n) is 2.71. The predicted molar refractivity (Wildman–Crippen MR) is 85.1 cm³/mol. The highest BCUT2D eigenvalue weighted by atomic mass is 35.5. The van der Waals surface area contributed by atoms with Crippen LogP contribution in [0, 0.1) is 0 Å². The molecule has 0 saturated heterocycles.